The van der Waals surface area contributed by atoms with Gasteiger partial charge in [-0.1, -0.05) is 52.3 Å². The molecule has 0 aliphatic carbocycles. The zero-order valence-electron chi connectivity index (χ0n) is 15.7. The van der Waals surface area contributed by atoms with Gasteiger partial charge in [-0.3, -0.25) is 4.90 Å². The molecule has 1 aromatic heterocycles. The van der Waals surface area contributed by atoms with E-state index < -0.39 is 10.0 Å². The average Bonchev–Trinajstić information content (AvgIpc) is 3.17. The van der Waals surface area contributed by atoms with Gasteiger partial charge >= 0.3 is 0 Å². The molecular formula is C20H21BrN4O3S. The van der Waals surface area contributed by atoms with E-state index in [0.717, 1.165) is 15.6 Å². The summed E-state index contributed by atoms with van der Waals surface area (Å²) in [5.74, 6) is 1.04. The van der Waals surface area contributed by atoms with Gasteiger partial charge in [0.2, 0.25) is 21.8 Å². The molecular weight excluding hydrogens is 456 g/mol. The molecule has 2 heterocycles. The molecule has 4 rings (SSSR count). The van der Waals surface area contributed by atoms with Crippen molar-refractivity contribution in [1.82, 2.24) is 19.4 Å². The third-order valence-corrected chi connectivity index (χ3v) is 7.16. The number of halogens is 1. The second kappa shape index (κ2) is 8.74. The Balaban J connectivity index is 1.33. The molecule has 7 nitrogen and oxygen atoms in total. The summed E-state index contributed by atoms with van der Waals surface area (Å²) < 4.78 is 33.6. The van der Waals surface area contributed by atoms with Crippen LogP contribution in [0.4, 0.5) is 0 Å². The number of rotatable bonds is 6. The normalized spacial score (nSPS) is 16.2. The molecule has 0 bridgehead atoms. The Labute approximate surface area is 178 Å². The highest BCUT2D eigenvalue weighted by Gasteiger charge is 2.27. The van der Waals surface area contributed by atoms with Gasteiger partial charge in [-0.05, 0) is 23.8 Å². The van der Waals surface area contributed by atoms with E-state index in [9.17, 15) is 8.42 Å². The van der Waals surface area contributed by atoms with Crippen molar-refractivity contribution in [3.63, 3.8) is 0 Å². The molecule has 0 spiro atoms. The third-order valence-electron chi connectivity index (χ3n) is 4.81. The molecule has 0 saturated carbocycles. The summed E-state index contributed by atoms with van der Waals surface area (Å²) in [4.78, 5) is 2.13. The molecule has 0 radical (unpaired) electrons. The van der Waals surface area contributed by atoms with Gasteiger partial charge in [0, 0.05) is 36.2 Å². The molecule has 29 heavy (non-hydrogen) atoms. The second-order valence-corrected chi connectivity index (χ2v) is 9.81. The van der Waals surface area contributed by atoms with Crippen molar-refractivity contribution < 1.29 is 12.8 Å². The minimum Gasteiger partial charge on any atom is -0.419 e. The highest BCUT2D eigenvalue weighted by molar-refractivity contribution is 9.10. The first-order valence-corrected chi connectivity index (χ1v) is 11.7. The Morgan fingerprint density at radius 2 is 1.72 bits per heavy atom. The average molecular weight is 477 g/mol. The van der Waals surface area contributed by atoms with E-state index in [1.54, 1.807) is 4.31 Å². The van der Waals surface area contributed by atoms with Crippen LogP contribution in [0.5, 0.6) is 0 Å². The van der Waals surface area contributed by atoms with E-state index >= 15 is 0 Å². The molecule has 3 aromatic rings. The Morgan fingerprint density at radius 3 is 2.45 bits per heavy atom. The summed E-state index contributed by atoms with van der Waals surface area (Å²) in [5, 5.41) is 8.26. The molecule has 1 aliphatic heterocycles. The molecule has 0 unspecified atom stereocenters. The maximum atomic E-state index is 12.7. The lowest BCUT2D eigenvalue weighted by Gasteiger charge is -2.33. The molecule has 0 N–H and O–H groups in total. The fraction of sp³-hybridized carbons (Fsp3) is 0.300. The van der Waals surface area contributed by atoms with Gasteiger partial charge in [-0.15, -0.1) is 10.2 Å². The first kappa shape index (κ1) is 20.2. The number of hydrogen-bond donors (Lipinski definition) is 0. The van der Waals surface area contributed by atoms with Crippen LogP contribution in [0, 0.1) is 0 Å². The number of piperazine rings is 1. The van der Waals surface area contributed by atoms with Gasteiger partial charge in [0.25, 0.3) is 0 Å². The summed E-state index contributed by atoms with van der Waals surface area (Å²) in [5.41, 5.74) is 1.66. The highest BCUT2D eigenvalue weighted by Crippen LogP contribution is 2.22. The van der Waals surface area contributed by atoms with E-state index in [0.29, 0.717) is 44.5 Å². The fourth-order valence-corrected chi connectivity index (χ4v) is 5.20. The van der Waals surface area contributed by atoms with E-state index in [-0.39, 0.29) is 5.75 Å². The van der Waals surface area contributed by atoms with E-state index in [2.05, 4.69) is 31.0 Å². The first-order chi connectivity index (χ1) is 14.0. The standard InChI is InChI=1S/C20H21BrN4O3S/c21-18-8-4-7-17(13-18)20-23-22-19(28-20)14-24-9-11-25(12-10-24)29(26,27)15-16-5-2-1-3-6-16/h1-8,13H,9-12,14-15H2. The molecule has 2 aromatic carbocycles. The van der Waals surface area contributed by atoms with Crippen molar-refractivity contribution in [3.05, 3.63) is 70.5 Å². The molecule has 1 aliphatic rings. The number of aromatic nitrogens is 2. The van der Waals surface area contributed by atoms with Crippen molar-refractivity contribution in [1.29, 1.82) is 0 Å². The van der Waals surface area contributed by atoms with Gasteiger partial charge in [0.05, 0.1) is 12.3 Å². The predicted octanol–water partition coefficient (Wildman–Crippen LogP) is 3.15. The van der Waals surface area contributed by atoms with E-state index in [4.69, 9.17) is 4.42 Å². The van der Waals surface area contributed by atoms with Gasteiger partial charge < -0.3 is 4.42 Å². The number of benzene rings is 2. The Bertz CT molecular complexity index is 1060. The quantitative estimate of drug-likeness (QED) is 0.543. The molecule has 1 saturated heterocycles. The first-order valence-electron chi connectivity index (χ1n) is 9.32. The van der Waals surface area contributed by atoms with Crippen molar-refractivity contribution in [3.8, 4) is 11.5 Å². The molecule has 9 heteroatoms. The Morgan fingerprint density at radius 1 is 0.966 bits per heavy atom. The van der Waals surface area contributed by atoms with Crippen molar-refractivity contribution in [2.75, 3.05) is 26.2 Å². The number of nitrogens with zero attached hydrogens (tertiary/aromatic N) is 4. The second-order valence-electron chi connectivity index (χ2n) is 6.93. The van der Waals surface area contributed by atoms with Crippen LogP contribution in [0.25, 0.3) is 11.5 Å². The summed E-state index contributed by atoms with van der Waals surface area (Å²) in [7, 11) is -3.32. The minimum absolute atomic E-state index is 0.0352. The molecule has 1 fully saturated rings. The zero-order valence-corrected chi connectivity index (χ0v) is 18.1. The lowest BCUT2D eigenvalue weighted by atomic mass is 10.2. The topological polar surface area (TPSA) is 79.5 Å². The summed E-state index contributed by atoms with van der Waals surface area (Å²) >= 11 is 3.44. The van der Waals surface area contributed by atoms with Gasteiger partial charge in [-0.25, -0.2) is 8.42 Å². The third kappa shape index (κ3) is 5.11. The van der Waals surface area contributed by atoms with Crippen LogP contribution in [0.15, 0.2) is 63.5 Å². The smallest absolute Gasteiger partial charge is 0.247 e. The van der Waals surface area contributed by atoms with Crippen molar-refractivity contribution >= 4 is 26.0 Å². The predicted molar refractivity (Wildman–Crippen MR) is 113 cm³/mol. The summed E-state index contributed by atoms with van der Waals surface area (Å²) in [6.07, 6.45) is 0. The van der Waals surface area contributed by atoms with Crippen LogP contribution >= 0.6 is 15.9 Å². The minimum atomic E-state index is -3.32. The van der Waals surface area contributed by atoms with Gasteiger partial charge in [0.15, 0.2) is 0 Å². The maximum absolute atomic E-state index is 12.7. The van der Waals surface area contributed by atoms with Crippen LogP contribution in [0.2, 0.25) is 0 Å². The molecule has 0 amide bonds. The SMILES string of the molecule is O=S(=O)(Cc1ccccc1)N1CCN(Cc2nnc(-c3cccc(Br)c3)o2)CC1. The largest absolute Gasteiger partial charge is 0.419 e. The zero-order chi connectivity index (χ0) is 20.3. The van der Waals surface area contributed by atoms with Crippen LogP contribution in [0.3, 0.4) is 0 Å². The monoisotopic (exact) mass is 476 g/mol. The number of hydrogen-bond acceptors (Lipinski definition) is 6. The summed E-state index contributed by atoms with van der Waals surface area (Å²) in [6.45, 7) is 2.68. The van der Waals surface area contributed by atoms with Crippen LogP contribution in [-0.4, -0.2) is 54.0 Å². The summed E-state index contributed by atoms with van der Waals surface area (Å²) in [6, 6.07) is 17.0. The molecule has 0 atom stereocenters. The molecule has 152 valence electrons. The van der Waals surface area contributed by atoms with E-state index in [1.807, 2.05) is 54.6 Å². The lowest BCUT2D eigenvalue weighted by molar-refractivity contribution is 0.168. The fourth-order valence-electron chi connectivity index (χ4n) is 3.29. The van der Waals surface area contributed by atoms with Crippen molar-refractivity contribution in [2.45, 2.75) is 12.3 Å². The lowest BCUT2D eigenvalue weighted by Crippen LogP contribution is -2.48. The Kier molecular flexibility index (Phi) is 6.09. The number of sulfonamides is 1. The van der Waals surface area contributed by atoms with Gasteiger partial charge in [-0.2, -0.15) is 4.31 Å². The maximum Gasteiger partial charge on any atom is 0.247 e. The van der Waals surface area contributed by atoms with Crippen LogP contribution < -0.4 is 0 Å². The van der Waals surface area contributed by atoms with Gasteiger partial charge in [0.1, 0.15) is 0 Å². The van der Waals surface area contributed by atoms with Crippen LogP contribution in [0.1, 0.15) is 11.5 Å². The van der Waals surface area contributed by atoms with Crippen LogP contribution in [-0.2, 0) is 22.3 Å². The highest BCUT2D eigenvalue weighted by atomic mass is 79.9. The van der Waals surface area contributed by atoms with Crippen molar-refractivity contribution in [2.24, 2.45) is 0 Å². The Hall–Kier alpha value is -2.07. The van der Waals surface area contributed by atoms with E-state index in [1.165, 1.54) is 0 Å².